The highest BCUT2D eigenvalue weighted by atomic mass is 35.5. The third kappa shape index (κ3) is 17.8. The van der Waals surface area contributed by atoms with Crippen molar-refractivity contribution < 1.29 is 113 Å². The van der Waals surface area contributed by atoms with Crippen molar-refractivity contribution in [2.75, 3.05) is 6.26 Å². The zero-order chi connectivity index (χ0) is 73.8. The third-order valence-electron chi connectivity index (χ3n) is 15.8. The Bertz CT molecular complexity index is 4440. The van der Waals surface area contributed by atoms with Gasteiger partial charge in [0.1, 0.15) is 52.7 Å². The van der Waals surface area contributed by atoms with Crippen LogP contribution in [0.5, 0.6) is 5.75 Å². The number of rotatable bonds is 27. The van der Waals surface area contributed by atoms with Gasteiger partial charge in [-0.25, -0.2) is 31.5 Å². The number of hydrogen-bond acceptors (Lipinski definition) is 16. The fourth-order valence-corrected chi connectivity index (χ4v) is 14.0. The Morgan fingerprint density at radius 2 is 1.53 bits per heavy atom. The van der Waals surface area contributed by atoms with Gasteiger partial charge in [-0.2, -0.15) is 45.3 Å². The molecule has 2 aliphatic rings. The predicted octanol–water partition coefficient (Wildman–Crippen LogP) is 10.7. The molecule has 6 aromatic rings. The van der Waals surface area contributed by atoms with E-state index < -0.39 is 230 Å². The summed E-state index contributed by atoms with van der Waals surface area (Å²) < 4.78 is 233. The molecule has 2 aliphatic carbocycles. The van der Waals surface area contributed by atoms with E-state index in [2.05, 4.69) is 37.7 Å². The predicted molar refractivity (Wildman–Crippen MR) is 333 cm³/mol. The number of halogens is 11. The number of benzene rings is 3. The lowest BCUT2D eigenvalue weighted by Crippen LogP contribution is -2.43. The number of aliphatic carboxylic acids is 2. The molecule has 3 heterocycles. The second-order valence-electron chi connectivity index (χ2n) is 25.2. The van der Waals surface area contributed by atoms with E-state index in [1.165, 1.54) is 73.6 Å². The van der Waals surface area contributed by atoms with Crippen LogP contribution in [0.1, 0.15) is 137 Å². The highest BCUT2D eigenvalue weighted by Gasteiger charge is 2.68. The van der Waals surface area contributed by atoms with Crippen LogP contribution in [0.15, 0.2) is 60.7 Å². The minimum atomic E-state index is -5.28. The van der Waals surface area contributed by atoms with Crippen LogP contribution in [-0.4, -0.2) is 121 Å². The maximum absolute atomic E-state index is 15.8. The van der Waals surface area contributed by atoms with Crippen molar-refractivity contribution in [2.45, 2.75) is 166 Å². The van der Waals surface area contributed by atoms with Gasteiger partial charge in [0.2, 0.25) is 17.7 Å². The first-order valence-electron chi connectivity index (χ1n) is 29.8. The van der Waals surface area contributed by atoms with Gasteiger partial charge >= 0.3 is 32.1 Å². The van der Waals surface area contributed by atoms with Crippen LogP contribution < -0.4 is 15.2 Å². The molecular formula is C62H63ClF10N8O15PS2-. The first-order chi connectivity index (χ1) is 45.6. The van der Waals surface area contributed by atoms with Crippen molar-refractivity contribution in [3.05, 3.63) is 128 Å². The van der Waals surface area contributed by atoms with Crippen LogP contribution in [0, 0.1) is 29.4 Å². The summed E-state index contributed by atoms with van der Waals surface area (Å²) in [6, 6.07) is 6.40. The van der Waals surface area contributed by atoms with E-state index in [0.29, 0.717) is 10.7 Å². The molecule has 0 radical (unpaired) electrons. The largest absolute Gasteiger partial charge is 0.755 e. The van der Waals surface area contributed by atoms with Crippen molar-refractivity contribution in [3.63, 3.8) is 0 Å². The highest BCUT2D eigenvalue weighted by molar-refractivity contribution is 7.92. The summed E-state index contributed by atoms with van der Waals surface area (Å²) in [6.07, 6.45) is -15.2. The van der Waals surface area contributed by atoms with Crippen LogP contribution in [0.4, 0.5) is 43.9 Å². The molecule has 0 saturated heterocycles. The van der Waals surface area contributed by atoms with E-state index in [9.17, 15) is 69.1 Å². The van der Waals surface area contributed by atoms with Crippen molar-refractivity contribution in [1.82, 2.24) is 39.5 Å². The van der Waals surface area contributed by atoms with E-state index in [1.807, 2.05) is 0 Å². The van der Waals surface area contributed by atoms with E-state index in [4.69, 9.17) is 25.2 Å². The number of phosphoric acid groups is 1. The van der Waals surface area contributed by atoms with E-state index >= 15 is 30.7 Å². The lowest BCUT2D eigenvalue weighted by Gasteiger charge is -2.33. The van der Waals surface area contributed by atoms with Gasteiger partial charge in [-0.3, -0.25) is 46.1 Å². The number of carboxylic acids is 2. The quantitative estimate of drug-likeness (QED) is 0.0161. The van der Waals surface area contributed by atoms with Gasteiger partial charge in [-0.15, -0.1) is 0 Å². The van der Waals surface area contributed by atoms with E-state index in [1.54, 1.807) is 0 Å². The number of carboxylic acid groups (broad SMARTS) is 2. The fourth-order valence-electron chi connectivity index (χ4n) is 11.4. The lowest BCUT2D eigenvalue weighted by molar-refractivity contribution is -0.147. The van der Waals surface area contributed by atoms with E-state index in [-0.39, 0.29) is 48.9 Å². The number of amides is 3. The van der Waals surface area contributed by atoms with Crippen molar-refractivity contribution in [3.8, 4) is 28.7 Å². The molecule has 37 heteroatoms. The van der Waals surface area contributed by atoms with Gasteiger partial charge in [0.25, 0.3) is 5.92 Å². The maximum atomic E-state index is 15.8. The minimum Gasteiger partial charge on any atom is -0.755 e. The molecule has 0 aliphatic heterocycles. The molecule has 23 nitrogen and oxygen atoms in total. The molecule has 5 atom stereocenters. The van der Waals surface area contributed by atoms with Gasteiger partial charge in [0.05, 0.1) is 70.8 Å². The number of aromatic nitrogens is 5. The molecule has 3 aromatic heterocycles. The molecule has 8 rings (SSSR count). The SMILES string of the molecule is CC(C)OP(=O)(Oc1cccc(CC(=O)N[C@@H](CC(=O)O)C(=O)O)c1C(C)(C)CC(=O)N(Cc1nn(CC(F)(F)F)c2c(-c3ccc(C#CC(C)(C)S(C)(=O)=O)nc3[C@H](Cc3cc(F)cc(F)c3)NC(=O)Cn3nc(C(F)(F)F)c4c3C(F)(F)[C@@H]3C[C@H]43)ccc(Cl)c12)S(=O)[O-])OC(C)C. The number of carbonyl (C=O) groups excluding carboxylic acids is 3. The fraction of sp³-hybridized carbons (Fsp3) is 0.452. The number of carbonyl (C=O) groups is 5. The van der Waals surface area contributed by atoms with Gasteiger partial charge < -0.3 is 29.9 Å². The smallest absolute Gasteiger partial charge is 0.530 e. The standard InChI is InChI=1S/C62H64ClF10N8O15PS2/c1-30(2)94-97(89,95-31(3)4)96-45-12-10-11-33(22-46(82)76-43(57(87)88)25-49(85)86)52(45)58(5,6)26-48(84)81(98(90)91)27-44-51-41(63)16-15-38(54(51)80(77-44)29-60(66,67)68)37-14-13-36(17-18-59(7,8)99(9,92)93)74-53(37)42(21-32-19-34(64)23-35(65)20-32)75-47(83)28-79-56-50(55(78-79)62(71,72)73)39-24-40(39)61(56,69)70/h10-16,19-20,23,30-31,39-40,42-43H,21-22,24-29H2,1-9H3,(H,75,83)(H,76,82)(H,85,86)(H,87,88)(H,90,91)/p-1/t39-,40+,42-,43-/m0/s1. The Labute approximate surface area is 566 Å². The Balaban J connectivity index is 1.28. The zero-order valence-corrected chi connectivity index (χ0v) is 57.0. The second-order valence-corrected chi connectivity index (χ2v) is 30.6. The first-order valence-corrected chi connectivity index (χ1v) is 34.6. The van der Waals surface area contributed by atoms with Gasteiger partial charge in [0.15, 0.2) is 15.5 Å². The summed E-state index contributed by atoms with van der Waals surface area (Å²) in [5.41, 5.74) is -8.97. The van der Waals surface area contributed by atoms with Crippen molar-refractivity contribution >= 4 is 81.1 Å². The molecule has 99 heavy (non-hydrogen) atoms. The average Bonchev–Trinajstić information content (AvgIpc) is 1.52. The van der Waals surface area contributed by atoms with Crippen LogP contribution >= 0.6 is 19.4 Å². The lowest BCUT2D eigenvalue weighted by atomic mass is 9.77. The molecule has 4 N–H and O–H groups in total. The average molecular weight is 1480 g/mol. The number of phosphoric ester groups is 1. The Kier molecular flexibility index (Phi) is 22.1. The molecule has 1 unspecified atom stereocenters. The summed E-state index contributed by atoms with van der Waals surface area (Å²) >= 11 is 3.16. The Morgan fingerprint density at radius 3 is 2.09 bits per heavy atom. The second kappa shape index (κ2) is 28.6. The molecular weight excluding hydrogens is 1420 g/mol. The number of pyridine rings is 1. The molecule has 1 fully saturated rings. The molecule has 3 aromatic carbocycles. The molecule has 0 spiro atoms. The van der Waals surface area contributed by atoms with Gasteiger partial charge in [-0.05, 0) is 114 Å². The molecule has 0 bridgehead atoms. The number of hydrogen-bond donors (Lipinski definition) is 4. The number of fused-ring (bicyclic) bond motifs is 4. The summed E-state index contributed by atoms with van der Waals surface area (Å²) in [5.74, 6) is -11.5. The summed E-state index contributed by atoms with van der Waals surface area (Å²) in [7, 11) is -8.68. The number of nitrogens with zero attached hydrogens (tertiary/aromatic N) is 6. The zero-order valence-electron chi connectivity index (χ0n) is 53.7. The number of sulfone groups is 1. The van der Waals surface area contributed by atoms with Crippen molar-refractivity contribution in [2.24, 2.45) is 5.92 Å². The van der Waals surface area contributed by atoms with Crippen LogP contribution in [-0.2, 0) is 109 Å². The number of alkyl halides is 8. The Hall–Kier alpha value is -8.00. The minimum absolute atomic E-state index is 0.105. The van der Waals surface area contributed by atoms with Crippen molar-refractivity contribution in [1.29, 1.82) is 0 Å². The summed E-state index contributed by atoms with van der Waals surface area (Å²) in [5, 5.41) is 30.1. The topological polar surface area (TPSA) is 321 Å². The van der Waals surface area contributed by atoms with Crippen LogP contribution in [0.3, 0.4) is 0 Å². The van der Waals surface area contributed by atoms with Gasteiger partial charge in [0, 0.05) is 57.7 Å². The van der Waals surface area contributed by atoms with E-state index in [0.717, 1.165) is 42.7 Å². The first kappa shape index (κ1) is 76.7. The van der Waals surface area contributed by atoms with Crippen LogP contribution in [0.25, 0.3) is 22.0 Å². The maximum Gasteiger partial charge on any atom is 0.530 e. The highest BCUT2D eigenvalue weighted by Crippen LogP contribution is 2.68. The number of nitrogens with one attached hydrogen (secondary N) is 2. The molecule has 3 amide bonds. The summed E-state index contributed by atoms with van der Waals surface area (Å²) in [4.78, 5) is 70.9. The monoisotopic (exact) mass is 1480 g/mol. The normalized spacial score (nSPS) is 16.4. The summed E-state index contributed by atoms with van der Waals surface area (Å²) in [6.45, 7) is 6.37. The molecule has 1 saturated carbocycles. The van der Waals surface area contributed by atoms with Crippen LogP contribution in [0.2, 0.25) is 5.02 Å². The third-order valence-corrected chi connectivity index (χ3v) is 20.5. The Morgan fingerprint density at radius 1 is 0.899 bits per heavy atom. The molecule has 536 valence electrons. The van der Waals surface area contributed by atoms with Gasteiger partial charge in [-0.1, -0.05) is 49.6 Å².